The molecule has 2 N–H and O–H groups in total. The minimum absolute atomic E-state index is 0.133. The van der Waals surface area contributed by atoms with E-state index >= 15 is 0 Å². The standard InChI is InChI=1S/C18H21FN2OS2/c1-22-16-8-4-7-15(12-16)21-18(23)20-10-5-11-24-13-14-6-2-3-9-17(14)19/h2-4,6-9,12H,5,10-11,13H2,1H3,(H2,20,21,23). The molecule has 0 saturated carbocycles. The van der Waals surface area contributed by atoms with Crippen molar-refractivity contribution in [3.05, 3.63) is 59.9 Å². The van der Waals surface area contributed by atoms with Crippen molar-refractivity contribution >= 4 is 34.8 Å². The molecule has 24 heavy (non-hydrogen) atoms. The number of rotatable bonds is 8. The molecule has 0 radical (unpaired) electrons. The number of ether oxygens (including phenoxy) is 1. The molecule has 0 aromatic heterocycles. The zero-order chi connectivity index (χ0) is 17.2. The Morgan fingerprint density at radius 1 is 1.21 bits per heavy atom. The van der Waals surface area contributed by atoms with Gasteiger partial charge in [-0.15, -0.1) is 0 Å². The van der Waals surface area contributed by atoms with Crippen molar-refractivity contribution in [2.45, 2.75) is 12.2 Å². The van der Waals surface area contributed by atoms with E-state index in [2.05, 4.69) is 10.6 Å². The molecule has 2 rings (SSSR count). The van der Waals surface area contributed by atoms with Crippen LogP contribution in [0.25, 0.3) is 0 Å². The average molecular weight is 365 g/mol. The number of anilines is 1. The number of methoxy groups -OCH3 is 1. The Bertz CT molecular complexity index is 667. The van der Waals surface area contributed by atoms with Crippen molar-refractivity contribution in [3.63, 3.8) is 0 Å². The number of thioether (sulfide) groups is 1. The minimum Gasteiger partial charge on any atom is -0.497 e. The SMILES string of the molecule is COc1cccc(NC(=S)NCCCSCc2ccccc2F)c1. The molecule has 0 atom stereocenters. The van der Waals surface area contributed by atoms with E-state index in [4.69, 9.17) is 17.0 Å². The molecule has 6 heteroatoms. The normalized spacial score (nSPS) is 10.2. The summed E-state index contributed by atoms with van der Waals surface area (Å²) in [6, 6.07) is 14.5. The van der Waals surface area contributed by atoms with Gasteiger partial charge in [0, 0.05) is 24.1 Å². The molecule has 0 aliphatic heterocycles. The summed E-state index contributed by atoms with van der Waals surface area (Å²) in [4.78, 5) is 0. The molecule has 0 bridgehead atoms. The van der Waals surface area contributed by atoms with Crippen molar-refractivity contribution < 1.29 is 9.13 Å². The fourth-order valence-electron chi connectivity index (χ4n) is 2.05. The molecule has 0 saturated heterocycles. The topological polar surface area (TPSA) is 33.3 Å². The summed E-state index contributed by atoms with van der Waals surface area (Å²) in [6.45, 7) is 0.778. The molecule has 0 aliphatic carbocycles. The van der Waals surface area contributed by atoms with Crippen molar-refractivity contribution in [3.8, 4) is 5.75 Å². The zero-order valence-corrected chi connectivity index (χ0v) is 15.2. The van der Waals surface area contributed by atoms with Gasteiger partial charge in [0.1, 0.15) is 11.6 Å². The van der Waals surface area contributed by atoms with Crippen molar-refractivity contribution in [1.29, 1.82) is 0 Å². The third kappa shape index (κ3) is 6.37. The van der Waals surface area contributed by atoms with Crippen LogP contribution in [-0.4, -0.2) is 24.5 Å². The maximum Gasteiger partial charge on any atom is 0.170 e. The lowest BCUT2D eigenvalue weighted by Crippen LogP contribution is -2.29. The highest BCUT2D eigenvalue weighted by molar-refractivity contribution is 7.98. The number of hydrogen-bond acceptors (Lipinski definition) is 3. The van der Waals surface area contributed by atoms with E-state index < -0.39 is 0 Å². The van der Waals surface area contributed by atoms with Gasteiger partial charge in [-0.25, -0.2) is 4.39 Å². The van der Waals surface area contributed by atoms with Crippen molar-refractivity contribution in [1.82, 2.24) is 5.32 Å². The lowest BCUT2D eigenvalue weighted by atomic mass is 10.2. The number of benzene rings is 2. The fourth-order valence-corrected chi connectivity index (χ4v) is 3.22. The van der Waals surface area contributed by atoms with E-state index in [-0.39, 0.29) is 5.82 Å². The van der Waals surface area contributed by atoms with E-state index in [9.17, 15) is 4.39 Å². The van der Waals surface area contributed by atoms with Gasteiger partial charge in [0.2, 0.25) is 0 Å². The largest absolute Gasteiger partial charge is 0.497 e. The molecule has 0 aliphatic rings. The van der Waals surface area contributed by atoms with Crippen LogP contribution in [0.5, 0.6) is 5.75 Å². The summed E-state index contributed by atoms with van der Waals surface area (Å²) in [5.74, 6) is 2.29. The molecule has 2 aromatic rings. The molecule has 0 spiro atoms. The van der Waals surface area contributed by atoms with Gasteiger partial charge in [-0.05, 0) is 48.2 Å². The van der Waals surface area contributed by atoms with E-state index in [0.717, 1.165) is 35.7 Å². The van der Waals surface area contributed by atoms with Gasteiger partial charge in [-0.2, -0.15) is 11.8 Å². The van der Waals surface area contributed by atoms with Crippen LogP contribution in [-0.2, 0) is 5.75 Å². The molecular weight excluding hydrogens is 343 g/mol. The summed E-state index contributed by atoms with van der Waals surface area (Å²) in [7, 11) is 1.63. The molecule has 3 nitrogen and oxygen atoms in total. The van der Waals surface area contributed by atoms with Crippen LogP contribution in [0.4, 0.5) is 10.1 Å². The lowest BCUT2D eigenvalue weighted by Gasteiger charge is -2.11. The van der Waals surface area contributed by atoms with Crippen LogP contribution >= 0.6 is 24.0 Å². The highest BCUT2D eigenvalue weighted by Crippen LogP contribution is 2.17. The summed E-state index contributed by atoms with van der Waals surface area (Å²) < 4.78 is 18.6. The Hall–Kier alpha value is -1.79. The van der Waals surface area contributed by atoms with Gasteiger partial charge in [-0.3, -0.25) is 0 Å². The first-order chi connectivity index (χ1) is 11.7. The van der Waals surface area contributed by atoms with Gasteiger partial charge in [0.25, 0.3) is 0 Å². The second kappa shape index (κ2) is 10.2. The van der Waals surface area contributed by atoms with Gasteiger partial charge in [-0.1, -0.05) is 24.3 Å². The molecule has 128 valence electrons. The maximum absolute atomic E-state index is 13.5. The van der Waals surface area contributed by atoms with Crippen LogP contribution in [0.1, 0.15) is 12.0 Å². The second-order valence-electron chi connectivity index (χ2n) is 5.11. The zero-order valence-electron chi connectivity index (χ0n) is 13.5. The highest BCUT2D eigenvalue weighted by atomic mass is 32.2. The Morgan fingerprint density at radius 2 is 2.04 bits per heavy atom. The Balaban J connectivity index is 1.60. The first kappa shape index (κ1) is 18.5. The fraction of sp³-hybridized carbons (Fsp3) is 0.278. The minimum atomic E-state index is -0.133. The van der Waals surface area contributed by atoms with E-state index in [0.29, 0.717) is 10.9 Å². The summed E-state index contributed by atoms with van der Waals surface area (Å²) in [5.41, 5.74) is 1.64. The number of halogens is 1. The highest BCUT2D eigenvalue weighted by Gasteiger charge is 2.01. The first-order valence-electron chi connectivity index (χ1n) is 7.69. The third-order valence-electron chi connectivity index (χ3n) is 3.29. The molecular formula is C18H21FN2OS2. The quantitative estimate of drug-likeness (QED) is 0.534. The van der Waals surface area contributed by atoms with E-state index in [1.807, 2.05) is 36.4 Å². The number of nitrogens with one attached hydrogen (secondary N) is 2. The molecule has 0 unspecified atom stereocenters. The Labute approximate surface area is 152 Å². The molecule has 0 fully saturated rings. The second-order valence-corrected chi connectivity index (χ2v) is 6.62. The van der Waals surface area contributed by atoms with Crippen molar-refractivity contribution in [2.24, 2.45) is 0 Å². The molecule has 0 heterocycles. The van der Waals surface area contributed by atoms with Crippen LogP contribution in [0.3, 0.4) is 0 Å². The van der Waals surface area contributed by atoms with Crippen LogP contribution in [0.15, 0.2) is 48.5 Å². The lowest BCUT2D eigenvalue weighted by molar-refractivity contribution is 0.415. The predicted molar refractivity (Wildman–Crippen MR) is 104 cm³/mol. The average Bonchev–Trinajstić information content (AvgIpc) is 2.59. The Kier molecular flexibility index (Phi) is 7.85. The van der Waals surface area contributed by atoms with Gasteiger partial charge in [0.05, 0.1) is 7.11 Å². The first-order valence-corrected chi connectivity index (χ1v) is 9.25. The van der Waals surface area contributed by atoms with Gasteiger partial charge in [0.15, 0.2) is 5.11 Å². The van der Waals surface area contributed by atoms with Crippen molar-refractivity contribution in [2.75, 3.05) is 24.7 Å². The van der Waals surface area contributed by atoms with E-state index in [1.165, 1.54) is 6.07 Å². The number of hydrogen-bond donors (Lipinski definition) is 2. The maximum atomic E-state index is 13.5. The number of thiocarbonyl (C=S) groups is 1. The van der Waals surface area contributed by atoms with Crippen LogP contribution < -0.4 is 15.4 Å². The third-order valence-corrected chi connectivity index (χ3v) is 4.63. The summed E-state index contributed by atoms with van der Waals surface area (Å²) in [6.07, 6.45) is 0.957. The van der Waals surface area contributed by atoms with Crippen LogP contribution in [0, 0.1) is 5.82 Å². The van der Waals surface area contributed by atoms with Gasteiger partial charge < -0.3 is 15.4 Å². The smallest absolute Gasteiger partial charge is 0.170 e. The predicted octanol–water partition coefficient (Wildman–Crippen LogP) is 4.44. The Morgan fingerprint density at radius 3 is 2.83 bits per heavy atom. The molecule has 2 aromatic carbocycles. The van der Waals surface area contributed by atoms with E-state index in [1.54, 1.807) is 24.9 Å². The van der Waals surface area contributed by atoms with Crippen LogP contribution in [0.2, 0.25) is 0 Å². The molecule has 0 amide bonds. The summed E-state index contributed by atoms with van der Waals surface area (Å²) >= 11 is 6.99. The monoisotopic (exact) mass is 364 g/mol. The summed E-state index contributed by atoms with van der Waals surface area (Å²) in [5, 5.41) is 6.88. The van der Waals surface area contributed by atoms with Gasteiger partial charge >= 0.3 is 0 Å².